The molecule has 0 fully saturated rings. The lowest BCUT2D eigenvalue weighted by Gasteiger charge is -2.19. The molecule has 0 aliphatic heterocycles. The second kappa shape index (κ2) is 9.73. The molecule has 0 aliphatic carbocycles. The molecule has 23 heavy (non-hydrogen) atoms. The van der Waals surface area contributed by atoms with Crippen molar-refractivity contribution in [3.8, 4) is 0 Å². The Balaban J connectivity index is 2.55. The first-order valence-corrected chi connectivity index (χ1v) is 8.38. The van der Waals surface area contributed by atoms with Gasteiger partial charge in [-0.1, -0.05) is 18.2 Å². The zero-order chi connectivity index (χ0) is 17.2. The van der Waals surface area contributed by atoms with Crippen molar-refractivity contribution in [2.75, 3.05) is 30.6 Å². The van der Waals surface area contributed by atoms with Gasteiger partial charge in [0.25, 0.3) is 5.91 Å². The molecule has 1 aromatic carbocycles. The lowest BCUT2D eigenvalue weighted by Crippen LogP contribution is -2.45. The predicted octanol–water partition coefficient (Wildman–Crippen LogP) is 0.983. The van der Waals surface area contributed by atoms with E-state index in [1.54, 1.807) is 31.3 Å². The molecule has 0 heterocycles. The third-order valence-corrected chi connectivity index (χ3v) is 3.71. The number of ether oxygens (including phenoxy) is 1. The van der Waals surface area contributed by atoms with E-state index < -0.39 is 24.6 Å². The molecule has 1 rings (SSSR count). The third-order valence-electron chi connectivity index (χ3n) is 3.07. The topological polar surface area (TPSA) is 102 Å². The molecule has 3 N–H and O–H groups in total. The van der Waals surface area contributed by atoms with Crippen molar-refractivity contribution < 1.29 is 19.1 Å². The van der Waals surface area contributed by atoms with E-state index in [0.717, 1.165) is 0 Å². The average molecular weight is 339 g/mol. The van der Waals surface area contributed by atoms with Gasteiger partial charge in [-0.2, -0.15) is 11.8 Å². The van der Waals surface area contributed by atoms with Crippen molar-refractivity contribution in [2.24, 2.45) is 5.73 Å². The first-order chi connectivity index (χ1) is 11.0. The van der Waals surface area contributed by atoms with Gasteiger partial charge in [0.1, 0.15) is 6.04 Å². The van der Waals surface area contributed by atoms with Crippen LogP contribution in [0.25, 0.3) is 0 Å². The minimum atomic E-state index is -0.852. The van der Waals surface area contributed by atoms with E-state index in [0.29, 0.717) is 17.9 Å². The summed E-state index contributed by atoms with van der Waals surface area (Å²) >= 11 is 1.53. The van der Waals surface area contributed by atoms with E-state index in [9.17, 15) is 14.4 Å². The maximum Gasteiger partial charge on any atom is 0.329 e. The normalized spacial score (nSPS) is 11.4. The fourth-order valence-electron chi connectivity index (χ4n) is 1.78. The van der Waals surface area contributed by atoms with Gasteiger partial charge in [0, 0.05) is 12.7 Å². The Morgan fingerprint density at radius 2 is 1.96 bits per heavy atom. The second-order valence-electron chi connectivity index (χ2n) is 4.74. The van der Waals surface area contributed by atoms with Gasteiger partial charge < -0.3 is 20.7 Å². The number of hydrogen-bond donors (Lipinski definition) is 2. The average Bonchev–Trinajstić information content (AvgIpc) is 2.55. The van der Waals surface area contributed by atoms with Gasteiger partial charge in [-0.05, 0) is 30.6 Å². The van der Waals surface area contributed by atoms with E-state index in [2.05, 4.69) is 5.32 Å². The Morgan fingerprint density at radius 3 is 2.52 bits per heavy atom. The molecule has 0 saturated heterocycles. The largest absolute Gasteiger partial charge is 0.454 e. The number of para-hydroxylation sites is 1. The van der Waals surface area contributed by atoms with E-state index in [-0.39, 0.29) is 5.91 Å². The number of primary amides is 1. The van der Waals surface area contributed by atoms with E-state index in [4.69, 9.17) is 10.5 Å². The Morgan fingerprint density at radius 1 is 1.30 bits per heavy atom. The molecule has 0 aromatic heterocycles. The number of nitrogens with zero attached hydrogens (tertiary/aromatic N) is 1. The summed E-state index contributed by atoms with van der Waals surface area (Å²) in [6.07, 6.45) is 2.26. The maximum atomic E-state index is 12.0. The number of anilines is 1. The number of likely N-dealkylation sites (N-methyl/N-ethyl adjacent to an activating group) is 1. The summed E-state index contributed by atoms with van der Waals surface area (Å²) < 4.78 is 5.00. The number of carbonyl (C=O) groups is 3. The van der Waals surface area contributed by atoms with Gasteiger partial charge in [0.2, 0.25) is 0 Å². The molecule has 0 radical (unpaired) electrons. The molecular weight excluding hydrogens is 318 g/mol. The minimum Gasteiger partial charge on any atom is -0.454 e. The highest BCUT2D eigenvalue weighted by Gasteiger charge is 2.22. The summed E-state index contributed by atoms with van der Waals surface area (Å²) in [6, 6.07) is 7.34. The molecule has 7 nitrogen and oxygen atoms in total. The Labute approximate surface area is 139 Å². The van der Waals surface area contributed by atoms with E-state index in [1.165, 1.54) is 16.7 Å². The van der Waals surface area contributed by atoms with Crippen LogP contribution < -0.4 is 16.0 Å². The summed E-state index contributed by atoms with van der Waals surface area (Å²) in [5.74, 6) is -0.391. The van der Waals surface area contributed by atoms with Gasteiger partial charge in [0.15, 0.2) is 6.61 Å². The number of nitrogens with two attached hydrogens (primary N) is 1. The van der Waals surface area contributed by atoms with Crippen LogP contribution in [-0.4, -0.2) is 49.6 Å². The van der Waals surface area contributed by atoms with Crippen LogP contribution in [0.5, 0.6) is 0 Å². The quantitative estimate of drug-likeness (QED) is 0.688. The van der Waals surface area contributed by atoms with Crippen LogP contribution in [0.15, 0.2) is 30.3 Å². The van der Waals surface area contributed by atoms with Crippen molar-refractivity contribution in [1.82, 2.24) is 5.32 Å². The molecule has 126 valence electrons. The molecular formula is C15H21N3O4S. The SMILES string of the molecule is CSCC[C@H](NC(N)=O)C(=O)OCC(=O)N(C)c1ccccc1. The fraction of sp³-hybridized carbons (Fsp3) is 0.400. The van der Waals surface area contributed by atoms with Gasteiger partial charge in [-0.3, -0.25) is 4.79 Å². The monoisotopic (exact) mass is 339 g/mol. The zero-order valence-electron chi connectivity index (χ0n) is 13.2. The summed E-state index contributed by atoms with van der Waals surface area (Å²) in [7, 11) is 1.60. The van der Waals surface area contributed by atoms with Crippen molar-refractivity contribution >= 4 is 35.4 Å². The Bertz CT molecular complexity index is 539. The molecule has 0 aliphatic rings. The number of benzene rings is 1. The molecule has 0 saturated carbocycles. The van der Waals surface area contributed by atoms with Gasteiger partial charge in [0.05, 0.1) is 0 Å². The number of hydrogen-bond acceptors (Lipinski definition) is 5. The molecule has 1 aromatic rings. The smallest absolute Gasteiger partial charge is 0.329 e. The van der Waals surface area contributed by atoms with E-state index >= 15 is 0 Å². The van der Waals surface area contributed by atoms with Crippen molar-refractivity contribution in [1.29, 1.82) is 0 Å². The number of esters is 1. The van der Waals surface area contributed by atoms with Crippen LogP contribution in [0.4, 0.5) is 10.5 Å². The van der Waals surface area contributed by atoms with Crippen molar-refractivity contribution in [3.05, 3.63) is 30.3 Å². The van der Waals surface area contributed by atoms with Gasteiger partial charge in [-0.15, -0.1) is 0 Å². The highest BCUT2D eigenvalue weighted by atomic mass is 32.2. The second-order valence-corrected chi connectivity index (χ2v) is 5.72. The molecule has 8 heteroatoms. The number of nitrogens with one attached hydrogen (secondary N) is 1. The molecule has 0 spiro atoms. The summed E-state index contributed by atoms with van der Waals surface area (Å²) in [4.78, 5) is 36.3. The number of rotatable bonds is 8. The lowest BCUT2D eigenvalue weighted by atomic mass is 10.2. The van der Waals surface area contributed by atoms with Crippen LogP contribution in [0.1, 0.15) is 6.42 Å². The summed E-state index contributed by atoms with van der Waals surface area (Å²) in [5, 5.41) is 2.33. The van der Waals surface area contributed by atoms with Crippen LogP contribution in [-0.2, 0) is 14.3 Å². The van der Waals surface area contributed by atoms with Crippen LogP contribution in [0, 0.1) is 0 Å². The number of urea groups is 1. The predicted molar refractivity (Wildman–Crippen MR) is 90.3 cm³/mol. The van der Waals surface area contributed by atoms with Gasteiger partial charge >= 0.3 is 12.0 Å². The van der Waals surface area contributed by atoms with Crippen molar-refractivity contribution in [2.45, 2.75) is 12.5 Å². The third kappa shape index (κ3) is 6.60. The van der Waals surface area contributed by atoms with Crippen LogP contribution in [0.2, 0.25) is 0 Å². The Hall–Kier alpha value is -2.22. The lowest BCUT2D eigenvalue weighted by molar-refractivity contribution is -0.149. The summed E-state index contributed by atoms with van der Waals surface area (Å²) in [6.45, 7) is -0.402. The zero-order valence-corrected chi connectivity index (χ0v) is 14.0. The number of carbonyl (C=O) groups excluding carboxylic acids is 3. The maximum absolute atomic E-state index is 12.0. The minimum absolute atomic E-state index is 0.368. The number of thioether (sulfide) groups is 1. The summed E-state index contributed by atoms with van der Waals surface area (Å²) in [5.41, 5.74) is 5.74. The highest BCUT2D eigenvalue weighted by Crippen LogP contribution is 2.11. The van der Waals surface area contributed by atoms with E-state index in [1.807, 2.05) is 12.3 Å². The highest BCUT2D eigenvalue weighted by molar-refractivity contribution is 7.98. The first kappa shape index (κ1) is 18.8. The standard InChI is InChI=1S/C15H21N3O4S/c1-18(11-6-4-3-5-7-11)13(19)10-22-14(20)12(8-9-23-2)17-15(16)21/h3-7,12H,8-10H2,1-2H3,(H3,16,17,21)/t12-/m0/s1. The molecule has 3 amide bonds. The molecule has 1 atom stereocenters. The van der Waals surface area contributed by atoms with Gasteiger partial charge in [-0.25, -0.2) is 9.59 Å². The van der Waals surface area contributed by atoms with Crippen LogP contribution in [0.3, 0.4) is 0 Å². The molecule has 0 unspecified atom stereocenters. The first-order valence-electron chi connectivity index (χ1n) is 6.99. The van der Waals surface area contributed by atoms with Crippen molar-refractivity contribution in [3.63, 3.8) is 0 Å². The fourth-order valence-corrected chi connectivity index (χ4v) is 2.25. The number of amides is 3. The Kier molecular flexibility index (Phi) is 7.96. The molecule has 0 bridgehead atoms. The van der Waals surface area contributed by atoms with Crippen LogP contribution >= 0.6 is 11.8 Å².